The van der Waals surface area contributed by atoms with Gasteiger partial charge in [-0.05, 0) is 46.2 Å². The number of hydrogen-bond donors (Lipinski definition) is 1. The average Bonchev–Trinajstić information content (AvgIpc) is 3.17. The van der Waals surface area contributed by atoms with Gasteiger partial charge in [0.1, 0.15) is 5.39 Å². The van der Waals surface area contributed by atoms with Crippen LogP contribution >= 0.6 is 0 Å². The van der Waals surface area contributed by atoms with E-state index in [0.717, 1.165) is 25.9 Å². The standard InChI is InChI=1S/C21H29NO6S/c1-5-10-29(25)16-11-15(23)17-18(24)21(26-4)20(27-13(2)3)14(19(17)28-16)12-22-8-6-7-9-22/h11,13,24H,5-10,12H2,1-4H3. The largest absolute Gasteiger partial charge is 0.504 e. The molecule has 1 aliphatic heterocycles. The molecular weight excluding hydrogens is 394 g/mol. The van der Waals surface area contributed by atoms with Crippen molar-refractivity contribution in [3.05, 3.63) is 21.9 Å². The van der Waals surface area contributed by atoms with Crippen molar-refractivity contribution in [2.45, 2.75) is 57.8 Å². The van der Waals surface area contributed by atoms with E-state index in [1.807, 2.05) is 20.8 Å². The summed E-state index contributed by atoms with van der Waals surface area (Å²) in [4.78, 5) is 15.1. The molecule has 0 aliphatic carbocycles. The number of nitrogens with zero attached hydrogens (tertiary/aromatic N) is 1. The van der Waals surface area contributed by atoms with Crippen molar-refractivity contribution >= 4 is 21.8 Å². The Kier molecular flexibility index (Phi) is 6.85. The van der Waals surface area contributed by atoms with E-state index in [2.05, 4.69) is 4.90 Å². The van der Waals surface area contributed by atoms with Gasteiger partial charge in [-0.15, -0.1) is 0 Å². The molecule has 1 aliphatic rings. The van der Waals surface area contributed by atoms with Crippen LogP contribution in [0.2, 0.25) is 0 Å². The lowest BCUT2D eigenvalue weighted by Crippen LogP contribution is -2.21. The summed E-state index contributed by atoms with van der Waals surface area (Å²) < 4.78 is 29.9. The van der Waals surface area contributed by atoms with Crippen LogP contribution in [-0.2, 0) is 17.3 Å². The summed E-state index contributed by atoms with van der Waals surface area (Å²) in [6.07, 6.45) is 2.72. The molecular formula is C21H29NO6S. The maximum atomic E-state index is 12.9. The van der Waals surface area contributed by atoms with Crippen LogP contribution in [0, 0.1) is 0 Å². The predicted molar refractivity (Wildman–Crippen MR) is 113 cm³/mol. The number of methoxy groups -OCH3 is 1. The zero-order chi connectivity index (χ0) is 21.1. The highest BCUT2D eigenvalue weighted by molar-refractivity contribution is 7.84. The molecule has 1 unspecified atom stereocenters. The first-order chi connectivity index (χ1) is 13.9. The van der Waals surface area contributed by atoms with Crippen molar-refractivity contribution in [1.29, 1.82) is 0 Å². The van der Waals surface area contributed by atoms with Crippen molar-refractivity contribution in [1.82, 2.24) is 4.90 Å². The van der Waals surface area contributed by atoms with Gasteiger partial charge in [-0.2, -0.15) is 0 Å². The van der Waals surface area contributed by atoms with Crippen LogP contribution in [0.5, 0.6) is 17.2 Å². The van der Waals surface area contributed by atoms with Gasteiger partial charge in [0.15, 0.2) is 27.6 Å². The predicted octanol–water partition coefficient (Wildman–Crippen LogP) is 3.41. The molecule has 0 bridgehead atoms. The number of likely N-dealkylation sites (tertiary alicyclic amines) is 1. The van der Waals surface area contributed by atoms with Crippen LogP contribution in [0.25, 0.3) is 11.0 Å². The quantitative estimate of drug-likeness (QED) is 0.696. The Morgan fingerprint density at radius 2 is 1.97 bits per heavy atom. The van der Waals surface area contributed by atoms with E-state index in [9.17, 15) is 14.1 Å². The minimum Gasteiger partial charge on any atom is -0.504 e. The molecule has 0 radical (unpaired) electrons. The molecule has 160 valence electrons. The summed E-state index contributed by atoms with van der Waals surface area (Å²) in [5, 5.41) is 10.9. The van der Waals surface area contributed by atoms with Gasteiger partial charge in [0, 0.05) is 18.4 Å². The topological polar surface area (TPSA) is 89.2 Å². The van der Waals surface area contributed by atoms with Gasteiger partial charge in [0.25, 0.3) is 0 Å². The number of fused-ring (bicyclic) bond motifs is 1. The molecule has 29 heavy (non-hydrogen) atoms. The molecule has 3 rings (SSSR count). The molecule has 1 atom stereocenters. The number of phenolic OH excluding ortho intramolecular Hbond substituents is 1. The third-order valence-corrected chi connectivity index (χ3v) is 6.31. The van der Waals surface area contributed by atoms with Crippen LogP contribution < -0.4 is 14.9 Å². The van der Waals surface area contributed by atoms with Crippen LogP contribution in [-0.4, -0.2) is 46.3 Å². The number of benzene rings is 1. The van der Waals surface area contributed by atoms with E-state index < -0.39 is 16.2 Å². The smallest absolute Gasteiger partial charge is 0.204 e. The first kappa shape index (κ1) is 21.6. The Morgan fingerprint density at radius 1 is 1.28 bits per heavy atom. The fourth-order valence-corrected chi connectivity index (χ4v) is 4.61. The van der Waals surface area contributed by atoms with Crippen molar-refractivity contribution < 1.29 is 23.2 Å². The van der Waals surface area contributed by atoms with Crippen molar-refractivity contribution in [2.24, 2.45) is 0 Å². The number of rotatable bonds is 8. The van der Waals surface area contributed by atoms with Gasteiger partial charge < -0.3 is 19.0 Å². The van der Waals surface area contributed by atoms with Gasteiger partial charge >= 0.3 is 0 Å². The second-order valence-electron chi connectivity index (χ2n) is 7.52. The van der Waals surface area contributed by atoms with E-state index >= 15 is 0 Å². The van der Waals surface area contributed by atoms with E-state index in [4.69, 9.17) is 13.9 Å². The normalized spacial score (nSPS) is 15.9. The fourth-order valence-electron chi connectivity index (χ4n) is 3.63. The Balaban J connectivity index is 2.32. The minimum absolute atomic E-state index is 0.0319. The lowest BCUT2D eigenvalue weighted by Gasteiger charge is -2.23. The first-order valence-electron chi connectivity index (χ1n) is 10.0. The molecule has 1 N–H and O–H groups in total. The molecule has 7 nitrogen and oxygen atoms in total. The van der Waals surface area contributed by atoms with E-state index in [1.165, 1.54) is 13.2 Å². The van der Waals surface area contributed by atoms with Gasteiger partial charge in [-0.3, -0.25) is 13.9 Å². The van der Waals surface area contributed by atoms with Crippen LogP contribution in [0.1, 0.15) is 45.6 Å². The summed E-state index contributed by atoms with van der Waals surface area (Å²) >= 11 is 0. The highest BCUT2D eigenvalue weighted by atomic mass is 32.2. The summed E-state index contributed by atoms with van der Waals surface area (Å²) in [7, 11) is 0.00356. The molecule has 8 heteroatoms. The van der Waals surface area contributed by atoms with Gasteiger partial charge in [-0.25, -0.2) is 0 Å². The zero-order valence-electron chi connectivity index (χ0n) is 17.4. The molecule has 2 heterocycles. The Labute approximate surface area is 173 Å². The maximum absolute atomic E-state index is 12.9. The Bertz CT molecular complexity index is 962. The van der Waals surface area contributed by atoms with Gasteiger partial charge in [-0.1, -0.05) is 6.92 Å². The lowest BCUT2D eigenvalue weighted by atomic mass is 10.1. The first-order valence-corrected chi connectivity index (χ1v) is 11.4. The molecule has 2 aromatic rings. The zero-order valence-corrected chi connectivity index (χ0v) is 18.3. The highest BCUT2D eigenvalue weighted by Crippen LogP contribution is 2.46. The number of aromatic hydroxyl groups is 1. The van der Waals surface area contributed by atoms with E-state index in [0.29, 0.717) is 30.0 Å². The van der Waals surface area contributed by atoms with Gasteiger partial charge in [0.2, 0.25) is 5.75 Å². The molecule has 0 spiro atoms. The Morgan fingerprint density at radius 3 is 2.55 bits per heavy atom. The van der Waals surface area contributed by atoms with Crippen LogP contribution in [0.4, 0.5) is 0 Å². The molecule has 1 fully saturated rings. The van der Waals surface area contributed by atoms with Crippen molar-refractivity contribution in [2.75, 3.05) is 26.0 Å². The second-order valence-corrected chi connectivity index (χ2v) is 9.02. The average molecular weight is 424 g/mol. The van der Waals surface area contributed by atoms with Crippen molar-refractivity contribution in [3.8, 4) is 17.2 Å². The third-order valence-electron chi connectivity index (χ3n) is 4.88. The lowest BCUT2D eigenvalue weighted by molar-refractivity contribution is 0.219. The maximum Gasteiger partial charge on any atom is 0.204 e. The molecule has 1 aromatic carbocycles. The summed E-state index contributed by atoms with van der Waals surface area (Å²) in [5.74, 6) is 0.564. The SMILES string of the molecule is CCCS(=O)c1cc(=O)c2c(O)c(OC)c(OC(C)C)c(CN3CCCC3)c2o1. The number of ether oxygens (including phenoxy) is 2. The number of hydrogen-bond acceptors (Lipinski definition) is 7. The summed E-state index contributed by atoms with van der Waals surface area (Å²) in [6, 6.07) is 1.20. The molecule has 0 amide bonds. The number of phenols is 1. The van der Waals surface area contributed by atoms with Crippen molar-refractivity contribution in [3.63, 3.8) is 0 Å². The van der Waals surface area contributed by atoms with E-state index in [1.54, 1.807) is 0 Å². The van der Waals surface area contributed by atoms with Crippen LogP contribution in [0.15, 0.2) is 20.4 Å². The fraction of sp³-hybridized carbons (Fsp3) is 0.571. The third kappa shape index (κ3) is 4.43. The summed E-state index contributed by atoms with van der Waals surface area (Å²) in [6.45, 7) is 8.02. The summed E-state index contributed by atoms with van der Waals surface area (Å²) in [5.41, 5.74) is 0.413. The Hall–Kier alpha value is -2.06. The monoisotopic (exact) mass is 423 g/mol. The second kappa shape index (κ2) is 9.17. The molecule has 0 saturated carbocycles. The highest BCUT2D eigenvalue weighted by Gasteiger charge is 2.28. The van der Waals surface area contributed by atoms with E-state index in [-0.39, 0.29) is 33.7 Å². The van der Waals surface area contributed by atoms with Gasteiger partial charge in [0.05, 0.1) is 29.6 Å². The van der Waals surface area contributed by atoms with Crippen LogP contribution in [0.3, 0.4) is 0 Å². The molecule has 1 aromatic heterocycles. The molecule has 1 saturated heterocycles. The minimum atomic E-state index is -1.43.